The number of rotatable bonds is 76. The molecule has 98 heavy (non-hydrogen) atoms. The minimum atomic E-state index is -4.96. The zero-order valence-corrected chi connectivity index (χ0v) is 66.2. The maximum absolute atomic E-state index is 13.1. The Morgan fingerprint density at radius 2 is 0.490 bits per heavy atom. The Morgan fingerprint density at radius 1 is 0.286 bits per heavy atom. The van der Waals surface area contributed by atoms with Crippen LogP contribution in [0.4, 0.5) is 0 Å². The predicted molar refractivity (Wildman–Crippen MR) is 400 cm³/mol. The van der Waals surface area contributed by atoms with Crippen LogP contribution in [0.25, 0.3) is 0 Å². The van der Waals surface area contributed by atoms with Gasteiger partial charge in [0.1, 0.15) is 19.3 Å². The molecule has 0 spiro atoms. The van der Waals surface area contributed by atoms with Gasteiger partial charge in [0, 0.05) is 25.7 Å². The molecule has 0 rings (SSSR count). The van der Waals surface area contributed by atoms with Gasteiger partial charge in [-0.15, -0.1) is 0 Å². The van der Waals surface area contributed by atoms with Gasteiger partial charge in [0.15, 0.2) is 12.2 Å². The SMILES string of the molecule is CCC(C)CCCCCCCCCCCCCCCCC(=O)OC[C@H](COP(=O)(O)OCC(O)COP(=O)(O)OC[C@@H](COC(=O)CCCCCCCCCC(C)C)OC(=O)CCCCCCCCCCCC(C)C)OC(=O)CCCCCCCCCCCCCCCCCC(C)C. The van der Waals surface area contributed by atoms with E-state index >= 15 is 0 Å². The Kier molecular flexibility index (Phi) is 66.8. The van der Waals surface area contributed by atoms with E-state index in [9.17, 15) is 43.2 Å². The summed E-state index contributed by atoms with van der Waals surface area (Å²) < 4.78 is 68.6. The Bertz CT molecular complexity index is 1920. The monoisotopic (exact) mass is 1440 g/mol. The molecule has 0 bridgehead atoms. The zero-order chi connectivity index (χ0) is 72.4. The van der Waals surface area contributed by atoms with Crippen molar-refractivity contribution in [1.29, 1.82) is 0 Å². The first-order chi connectivity index (χ1) is 47.1. The van der Waals surface area contributed by atoms with Crippen LogP contribution < -0.4 is 0 Å². The summed E-state index contributed by atoms with van der Waals surface area (Å²) in [5, 5.41) is 10.6. The third-order valence-corrected chi connectivity index (χ3v) is 20.6. The summed E-state index contributed by atoms with van der Waals surface area (Å²) in [6.07, 6.45) is 54.2. The Labute approximate surface area is 600 Å². The van der Waals surface area contributed by atoms with Gasteiger partial charge in [0.2, 0.25) is 0 Å². The van der Waals surface area contributed by atoms with Crippen LogP contribution >= 0.6 is 15.6 Å². The number of hydrogen-bond acceptors (Lipinski definition) is 15. The van der Waals surface area contributed by atoms with Gasteiger partial charge in [0.05, 0.1) is 26.4 Å². The summed E-state index contributed by atoms with van der Waals surface area (Å²) in [6, 6.07) is 0. The highest BCUT2D eigenvalue weighted by Crippen LogP contribution is 2.45. The largest absolute Gasteiger partial charge is 0.472 e. The van der Waals surface area contributed by atoms with Crippen molar-refractivity contribution in [3.63, 3.8) is 0 Å². The zero-order valence-electron chi connectivity index (χ0n) is 64.4. The van der Waals surface area contributed by atoms with Crippen LogP contribution in [0.3, 0.4) is 0 Å². The first-order valence-electron chi connectivity index (χ1n) is 40.7. The molecule has 3 N–H and O–H groups in total. The summed E-state index contributed by atoms with van der Waals surface area (Å²) in [4.78, 5) is 72.9. The number of aliphatic hydroxyl groups is 1. The van der Waals surface area contributed by atoms with Crippen LogP contribution in [0.5, 0.6) is 0 Å². The summed E-state index contributed by atoms with van der Waals surface area (Å²) in [7, 11) is -9.92. The van der Waals surface area contributed by atoms with E-state index in [4.69, 9.17) is 37.0 Å². The lowest BCUT2D eigenvalue weighted by Crippen LogP contribution is -2.30. The number of phosphoric acid groups is 2. The minimum Gasteiger partial charge on any atom is -0.462 e. The molecule has 19 heteroatoms. The van der Waals surface area contributed by atoms with E-state index in [0.29, 0.717) is 31.6 Å². The van der Waals surface area contributed by atoms with Crippen molar-refractivity contribution in [2.45, 2.75) is 420 Å². The molecule has 0 saturated heterocycles. The second-order valence-electron chi connectivity index (χ2n) is 30.1. The first kappa shape index (κ1) is 96.1. The molecule has 0 radical (unpaired) electrons. The molecule has 0 aromatic heterocycles. The highest BCUT2D eigenvalue weighted by atomic mass is 31.2. The number of hydrogen-bond donors (Lipinski definition) is 3. The molecule has 582 valence electrons. The topological polar surface area (TPSA) is 237 Å². The van der Waals surface area contributed by atoms with E-state index in [1.165, 1.54) is 199 Å². The number of esters is 4. The van der Waals surface area contributed by atoms with Crippen LogP contribution in [0.15, 0.2) is 0 Å². The van der Waals surface area contributed by atoms with Crippen molar-refractivity contribution in [3.05, 3.63) is 0 Å². The van der Waals surface area contributed by atoms with Gasteiger partial charge in [-0.25, -0.2) is 9.13 Å². The average molecular weight is 1440 g/mol. The average Bonchev–Trinajstić information content (AvgIpc) is 0.976. The second kappa shape index (κ2) is 68.2. The standard InChI is InChI=1S/C79H154O17P2/c1-9-72(8)58-50-42-34-26-20-16-13-14-17-21-27-35-43-51-59-76(81)89-65-74(95-78(83)61-53-45-36-28-22-18-12-10-11-15-19-24-31-39-47-55-69(2)3)67-93-97(85,86)91-63-73(80)64-92-98(87,88)94-68-75(66-90-77(82)60-52-44-38-30-33-41-49-57-71(6)7)96-79(84)62-54-46-37-29-23-25-32-40-48-56-70(4)5/h69-75,80H,9-68H2,1-8H3,(H,85,86)(H,87,88)/t72?,73?,74-,75-/m1/s1. The molecule has 0 amide bonds. The van der Waals surface area contributed by atoms with E-state index in [1.54, 1.807) is 0 Å². The lowest BCUT2D eigenvalue weighted by atomic mass is 9.99. The maximum atomic E-state index is 13.1. The number of phosphoric ester groups is 2. The summed E-state index contributed by atoms with van der Waals surface area (Å²) >= 11 is 0. The molecule has 0 fully saturated rings. The van der Waals surface area contributed by atoms with Crippen molar-refractivity contribution in [2.24, 2.45) is 23.7 Å². The number of carbonyl (C=O) groups excluding carboxylic acids is 4. The minimum absolute atomic E-state index is 0.104. The van der Waals surface area contributed by atoms with Crippen LogP contribution in [0.1, 0.15) is 402 Å². The normalized spacial score (nSPS) is 14.3. The molecule has 0 aromatic carbocycles. The van der Waals surface area contributed by atoms with Gasteiger partial charge in [-0.05, 0) is 49.4 Å². The molecular formula is C79H154O17P2. The smallest absolute Gasteiger partial charge is 0.462 e. The fraction of sp³-hybridized carbons (Fsp3) is 0.949. The molecular weight excluding hydrogens is 1280 g/mol. The van der Waals surface area contributed by atoms with Crippen LogP contribution in [-0.4, -0.2) is 96.7 Å². The number of carbonyl (C=O) groups is 4. The quantitative estimate of drug-likeness (QED) is 0.0222. The Morgan fingerprint density at radius 3 is 0.724 bits per heavy atom. The molecule has 0 aliphatic carbocycles. The number of ether oxygens (including phenoxy) is 4. The summed E-state index contributed by atoms with van der Waals surface area (Å²) in [5.74, 6) is 0.976. The first-order valence-corrected chi connectivity index (χ1v) is 43.7. The van der Waals surface area contributed by atoms with E-state index in [1.807, 2.05) is 0 Å². The molecule has 0 heterocycles. The van der Waals surface area contributed by atoms with E-state index in [0.717, 1.165) is 114 Å². The van der Waals surface area contributed by atoms with Crippen molar-refractivity contribution in [2.75, 3.05) is 39.6 Å². The second-order valence-corrected chi connectivity index (χ2v) is 33.0. The van der Waals surface area contributed by atoms with Gasteiger partial charge in [-0.2, -0.15) is 0 Å². The third kappa shape index (κ3) is 71.1. The van der Waals surface area contributed by atoms with Crippen LogP contribution in [0, 0.1) is 23.7 Å². The van der Waals surface area contributed by atoms with Crippen molar-refractivity contribution < 1.29 is 80.2 Å². The Hall–Kier alpha value is -1.94. The molecule has 0 aromatic rings. The summed E-state index contributed by atoms with van der Waals surface area (Å²) in [6.45, 7) is 14.2. The fourth-order valence-electron chi connectivity index (χ4n) is 12.0. The molecule has 6 atom stereocenters. The molecule has 0 aliphatic heterocycles. The lowest BCUT2D eigenvalue weighted by Gasteiger charge is -2.21. The van der Waals surface area contributed by atoms with E-state index in [2.05, 4.69) is 55.4 Å². The van der Waals surface area contributed by atoms with Gasteiger partial charge >= 0.3 is 39.5 Å². The van der Waals surface area contributed by atoms with Gasteiger partial charge in [-0.3, -0.25) is 37.3 Å². The number of unbranched alkanes of at least 4 members (excludes halogenated alkanes) is 41. The van der Waals surface area contributed by atoms with Gasteiger partial charge in [-0.1, -0.05) is 351 Å². The van der Waals surface area contributed by atoms with Crippen molar-refractivity contribution in [3.8, 4) is 0 Å². The van der Waals surface area contributed by atoms with Crippen LogP contribution in [0.2, 0.25) is 0 Å². The molecule has 0 aliphatic rings. The van der Waals surface area contributed by atoms with Gasteiger partial charge < -0.3 is 33.8 Å². The molecule has 17 nitrogen and oxygen atoms in total. The lowest BCUT2D eigenvalue weighted by molar-refractivity contribution is -0.161. The van der Waals surface area contributed by atoms with Crippen molar-refractivity contribution in [1.82, 2.24) is 0 Å². The summed E-state index contributed by atoms with van der Waals surface area (Å²) in [5.41, 5.74) is 0. The Balaban J connectivity index is 5.24. The molecule has 0 saturated carbocycles. The van der Waals surface area contributed by atoms with Crippen LogP contribution in [-0.2, 0) is 65.4 Å². The van der Waals surface area contributed by atoms with E-state index in [-0.39, 0.29) is 25.7 Å². The predicted octanol–water partition coefficient (Wildman–Crippen LogP) is 23.2. The highest BCUT2D eigenvalue weighted by molar-refractivity contribution is 7.47. The highest BCUT2D eigenvalue weighted by Gasteiger charge is 2.30. The van der Waals surface area contributed by atoms with Crippen molar-refractivity contribution >= 4 is 39.5 Å². The maximum Gasteiger partial charge on any atom is 0.472 e. The van der Waals surface area contributed by atoms with E-state index < -0.39 is 97.5 Å². The molecule has 4 unspecified atom stereocenters. The number of aliphatic hydroxyl groups excluding tert-OH is 1. The fourth-order valence-corrected chi connectivity index (χ4v) is 13.6. The third-order valence-electron chi connectivity index (χ3n) is 18.7. The van der Waals surface area contributed by atoms with Gasteiger partial charge in [0.25, 0.3) is 0 Å².